The molecule has 1 unspecified atom stereocenters. The molecule has 1 aliphatic heterocycles. The molecule has 1 aromatic carbocycles. The van der Waals surface area contributed by atoms with Crippen LogP contribution in [0.2, 0.25) is 0 Å². The minimum atomic E-state index is -0.0469. The summed E-state index contributed by atoms with van der Waals surface area (Å²) in [5.74, 6) is 0.603. The minimum absolute atomic E-state index is 0.0469. The first-order valence-corrected chi connectivity index (χ1v) is 7.49. The molecule has 5 nitrogen and oxygen atoms in total. The van der Waals surface area contributed by atoms with Crippen LogP contribution in [0, 0.1) is 0 Å². The van der Waals surface area contributed by atoms with Crippen LogP contribution < -0.4 is 10.5 Å². The Morgan fingerprint density at radius 1 is 1.52 bits per heavy atom. The van der Waals surface area contributed by atoms with E-state index in [0.717, 1.165) is 26.1 Å². The monoisotopic (exact) mass is 291 g/mol. The van der Waals surface area contributed by atoms with E-state index in [1.54, 1.807) is 30.2 Å². The van der Waals surface area contributed by atoms with Crippen molar-refractivity contribution in [2.75, 3.05) is 39.5 Å². The zero-order valence-electron chi connectivity index (χ0n) is 13.1. The number of methoxy groups -OCH3 is 1. The number of carbonyl (C=O) groups excluding carboxylic acids is 1. The van der Waals surface area contributed by atoms with Crippen molar-refractivity contribution in [3.8, 4) is 5.75 Å². The lowest BCUT2D eigenvalue weighted by Gasteiger charge is -2.28. The SMILES string of the molecule is CCN1CCCC1CN(C)C(=O)c1cc(OC)ccc1N. The Balaban J connectivity index is 2.08. The predicted octanol–water partition coefficient (Wildman–Crippen LogP) is 1.83. The largest absolute Gasteiger partial charge is 0.497 e. The molecule has 2 rings (SSSR count). The second-order valence-electron chi connectivity index (χ2n) is 5.56. The van der Waals surface area contributed by atoms with Crippen molar-refractivity contribution in [1.29, 1.82) is 0 Å². The van der Waals surface area contributed by atoms with Crippen molar-refractivity contribution in [2.24, 2.45) is 0 Å². The normalized spacial score (nSPS) is 18.7. The number of nitrogens with zero attached hydrogens (tertiary/aromatic N) is 2. The number of ether oxygens (including phenoxy) is 1. The van der Waals surface area contributed by atoms with Gasteiger partial charge in [-0.1, -0.05) is 6.92 Å². The fourth-order valence-electron chi connectivity index (χ4n) is 2.97. The van der Waals surface area contributed by atoms with E-state index in [1.165, 1.54) is 6.42 Å². The number of benzene rings is 1. The second-order valence-corrected chi connectivity index (χ2v) is 5.56. The topological polar surface area (TPSA) is 58.8 Å². The molecule has 0 radical (unpaired) electrons. The summed E-state index contributed by atoms with van der Waals surface area (Å²) in [7, 11) is 3.43. The smallest absolute Gasteiger partial charge is 0.255 e. The molecule has 1 amide bonds. The number of likely N-dealkylation sites (tertiary alicyclic amines) is 1. The van der Waals surface area contributed by atoms with Gasteiger partial charge in [0.15, 0.2) is 0 Å². The molecule has 116 valence electrons. The highest BCUT2D eigenvalue weighted by Gasteiger charge is 2.26. The van der Waals surface area contributed by atoms with Crippen molar-refractivity contribution in [3.05, 3.63) is 23.8 Å². The maximum absolute atomic E-state index is 12.6. The van der Waals surface area contributed by atoms with Gasteiger partial charge in [0.25, 0.3) is 5.91 Å². The Bertz CT molecular complexity index is 504. The average Bonchev–Trinajstić information content (AvgIpc) is 2.94. The summed E-state index contributed by atoms with van der Waals surface area (Å²) < 4.78 is 5.17. The molecule has 1 atom stereocenters. The van der Waals surface area contributed by atoms with Gasteiger partial charge in [0.05, 0.1) is 12.7 Å². The van der Waals surface area contributed by atoms with E-state index in [-0.39, 0.29) is 5.91 Å². The third kappa shape index (κ3) is 3.47. The highest BCUT2D eigenvalue weighted by molar-refractivity contribution is 5.99. The van der Waals surface area contributed by atoms with Crippen molar-refractivity contribution in [3.63, 3.8) is 0 Å². The number of hydrogen-bond donors (Lipinski definition) is 1. The van der Waals surface area contributed by atoms with Crippen LogP contribution in [-0.2, 0) is 0 Å². The Morgan fingerprint density at radius 3 is 2.95 bits per heavy atom. The van der Waals surface area contributed by atoms with Gasteiger partial charge < -0.3 is 15.4 Å². The highest BCUT2D eigenvalue weighted by atomic mass is 16.5. The lowest BCUT2D eigenvalue weighted by Crippen LogP contribution is -2.41. The molecule has 0 saturated carbocycles. The van der Waals surface area contributed by atoms with Crippen LogP contribution in [0.1, 0.15) is 30.1 Å². The van der Waals surface area contributed by atoms with E-state index < -0.39 is 0 Å². The van der Waals surface area contributed by atoms with E-state index in [4.69, 9.17) is 10.5 Å². The van der Waals surface area contributed by atoms with Crippen LogP contribution in [0.5, 0.6) is 5.75 Å². The predicted molar refractivity (Wildman–Crippen MR) is 84.6 cm³/mol. The van der Waals surface area contributed by atoms with E-state index in [2.05, 4.69) is 11.8 Å². The fourth-order valence-corrected chi connectivity index (χ4v) is 2.97. The van der Waals surface area contributed by atoms with Crippen LogP contribution >= 0.6 is 0 Å². The van der Waals surface area contributed by atoms with Gasteiger partial charge in [0.1, 0.15) is 5.75 Å². The molecule has 1 fully saturated rings. The lowest BCUT2D eigenvalue weighted by atomic mass is 10.1. The Kier molecular flexibility index (Phi) is 5.07. The lowest BCUT2D eigenvalue weighted by molar-refractivity contribution is 0.0755. The van der Waals surface area contributed by atoms with Gasteiger partial charge in [-0.25, -0.2) is 0 Å². The van der Waals surface area contributed by atoms with E-state index in [1.807, 2.05) is 7.05 Å². The van der Waals surface area contributed by atoms with Crippen molar-refractivity contribution in [1.82, 2.24) is 9.80 Å². The molecule has 0 aliphatic carbocycles. The molecule has 21 heavy (non-hydrogen) atoms. The first-order valence-electron chi connectivity index (χ1n) is 7.49. The van der Waals surface area contributed by atoms with Crippen molar-refractivity contribution < 1.29 is 9.53 Å². The molecule has 1 aromatic rings. The van der Waals surface area contributed by atoms with Crippen molar-refractivity contribution in [2.45, 2.75) is 25.8 Å². The maximum atomic E-state index is 12.6. The van der Waals surface area contributed by atoms with Gasteiger partial charge in [-0.3, -0.25) is 9.69 Å². The molecular formula is C16H25N3O2. The van der Waals surface area contributed by atoms with E-state index in [0.29, 0.717) is 23.0 Å². The Hall–Kier alpha value is -1.75. The van der Waals surface area contributed by atoms with Gasteiger partial charge in [-0.2, -0.15) is 0 Å². The van der Waals surface area contributed by atoms with Crippen molar-refractivity contribution >= 4 is 11.6 Å². The number of carbonyl (C=O) groups is 1. The second kappa shape index (κ2) is 6.80. The minimum Gasteiger partial charge on any atom is -0.497 e. The first kappa shape index (κ1) is 15.6. The molecule has 5 heteroatoms. The zero-order chi connectivity index (χ0) is 15.4. The quantitative estimate of drug-likeness (QED) is 0.841. The average molecular weight is 291 g/mol. The molecule has 1 saturated heterocycles. The van der Waals surface area contributed by atoms with Gasteiger partial charge in [-0.15, -0.1) is 0 Å². The summed E-state index contributed by atoms with van der Waals surface area (Å²) in [5.41, 5.74) is 6.94. The first-order chi connectivity index (χ1) is 10.1. The molecular weight excluding hydrogens is 266 g/mol. The summed E-state index contributed by atoms with van der Waals surface area (Å²) in [6.45, 7) is 5.07. The van der Waals surface area contributed by atoms with Crippen LogP contribution in [0.3, 0.4) is 0 Å². The summed E-state index contributed by atoms with van der Waals surface area (Å²) in [4.78, 5) is 16.8. The molecule has 2 N–H and O–H groups in total. The summed E-state index contributed by atoms with van der Waals surface area (Å²) in [6.07, 6.45) is 2.36. The number of rotatable bonds is 5. The van der Waals surface area contributed by atoms with E-state index in [9.17, 15) is 4.79 Å². The van der Waals surface area contributed by atoms with Gasteiger partial charge in [0.2, 0.25) is 0 Å². The summed E-state index contributed by atoms with van der Waals surface area (Å²) in [5, 5.41) is 0. The summed E-state index contributed by atoms with van der Waals surface area (Å²) in [6, 6.07) is 5.65. The van der Waals surface area contributed by atoms with Crippen LogP contribution in [0.4, 0.5) is 5.69 Å². The van der Waals surface area contributed by atoms with E-state index >= 15 is 0 Å². The van der Waals surface area contributed by atoms with Gasteiger partial charge in [0, 0.05) is 25.3 Å². The van der Waals surface area contributed by atoms with Gasteiger partial charge >= 0.3 is 0 Å². The van der Waals surface area contributed by atoms with Crippen LogP contribution in [0.15, 0.2) is 18.2 Å². The van der Waals surface area contributed by atoms with Crippen LogP contribution in [0.25, 0.3) is 0 Å². The van der Waals surface area contributed by atoms with Crippen LogP contribution in [-0.4, -0.2) is 55.5 Å². The molecule has 1 aliphatic rings. The highest BCUT2D eigenvalue weighted by Crippen LogP contribution is 2.22. The standard InChI is InChI=1S/C16H25N3O2/c1-4-19-9-5-6-12(19)11-18(2)16(20)14-10-13(21-3)7-8-15(14)17/h7-8,10,12H,4-6,9,11,17H2,1-3H3. The number of amides is 1. The number of nitrogens with two attached hydrogens (primary N) is 1. The maximum Gasteiger partial charge on any atom is 0.255 e. The third-order valence-electron chi connectivity index (χ3n) is 4.23. The number of likely N-dealkylation sites (N-methyl/N-ethyl adjacent to an activating group) is 2. The molecule has 1 heterocycles. The zero-order valence-corrected chi connectivity index (χ0v) is 13.1. The molecule has 0 bridgehead atoms. The number of nitrogen functional groups attached to an aromatic ring is 1. The number of hydrogen-bond acceptors (Lipinski definition) is 4. The molecule has 0 aromatic heterocycles. The third-order valence-corrected chi connectivity index (χ3v) is 4.23. The number of anilines is 1. The fraction of sp³-hybridized carbons (Fsp3) is 0.562. The van der Waals surface area contributed by atoms with Gasteiger partial charge in [-0.05, 0) is 44.1 Å². The Labute approximate surface area is 126 Å². The molecule has 0 spiro atoms. The Morgan fingerprint density at radius 2 is 2.29 bits per heavy atom. The summed E-state index contributed by atoms with van der Waals surface area (Å²) >= 11 is 0.